The molecule has 1 rings (SSSR count). The van der Waals surface area contributed by atoms with Crippen molar-refractivity contribution in [3.63, 3.8) is 0 Å². The van der Waals surface area contributed by atoms with Gasteiger partial charge >= 0.3 is 0 Å². The monoisotopic (exact) mass is 489 g/mol. The standard InChI is InChI=1S/C16H35N5O2S.HI/c1-4-24(22,23)20-12-7-10-18-16(17-3)19-11-8-14-21-13-6-5-9-15(21)2;/h15,20H,4-14H2,1-3H3,(H2,17,18,19);1H. The summed E-state index contributed by atoms with van der Waals surface area (Å²) in [5.74, 6) is 0.902. The Morgan fingerprint density at radius 1 is 1.16 bits per heavy atom. The SMILES string of the molecule is CCS(=O)(=O)NCCCNC(=NC)NCCCN1CCCCC1C.I. The molecule has 1 aliphatic rings. The molecule has 3 N–H and O–H groups in total. The number of likely N-dealkylation sites (tertiary alicyclic amines) is 1. The highest BCUT2D eigenvalue weighted by Gasteiger charge is 2.17. The van der Waals surface area contributed by atoms with Crippen molar-refractivity contribution in [2.75, 3.05) is 45.5 Å². The number of rotatable bonds is 10. The molecule has 1 heterocycles. The molecule has 1 atom stereocenters. The Bertz CT molecular complexity index is 473. The number of guanidine groups is 1. The molecule has 1 aliphatic heterocycles. The predicted molar refractivity (Wildman–Crippen MR) is 116 cm³/mol. The molecule has 0 amide bonds. The molecular formula is C16H36IN5O2S. The van der Waals surface area contributed by atoms with Gasteiger partial charge in [0.25, 0.3) is 0 Å². The van der Waals surface area contributed by atoms with Gasteiger partial charge < -0.3 is 15.5 Å². The van der Waals surface area contributed by atoms with E-state index in [-0.39, 0.29) is 29.7 Å². The summed E-state index contributed by atoms with van der Waals surface area (Å²) in [7, 11) is -1.34. The van der Waals surface area contributed by atoms with Crippen molar-refractivity contribution in [2.45, 2.75) is 52.0 Å². The van der Waals surface area contributed by atoms with Crippen LogP contribution in [0.5, 0.6) is 0 Å². The third kappa shape index (κ3) is 11.2. The third-order valence-electron chi connectivity index (χ3n) is 4.43. The van der Waals surface area contributed by atoms with E-state index < -0.39 is 10.0 Å². The first-order valence-corrected chi connectivity index (χ1v) is 10.8. The van der Waals surface area contributed by atoms with Crippen LogP contribution < -0.4 is 15.4 Å². The van der Waals surface area contributed by atoms with Crippen molar-refractivity contribution in [2.24, 2.45) is 4.99 Å². The van der Waals surface area contributed by atoms with Gasteiger partial charge in [-0.15, -0.1) is 24.0 Å². The number of nitrogens with one attached hydrogen (secondary N) is 3. The Morgan fingerprint density at radius 3 is 2.44 bits per heavy atom. The number of nitrogens with zero attached hydrogens (tertiary/aromatic N) is 2. The number of aliphatic imine (C=N–C) groups is 1. The number of hydrogen-bond acceptors (Lipinski definition) is 4. The van der Waals surface area contributed by atoms with E-state index in [4.69, 9.17) is 0 Å². The van der Waals surface area contributed by atoms with Gasteiger partial charge in [0.05, 0.1) is 5.75 Å². The van der Waals surface area contributed by atoms with Crippen LogP contribution in [-0.4, -0.2) is 70.8 Å². The fourth-order valence-corrected chi connectivity index (χ4v) is 3.48. The molecule has 9 heteroatoms. The zero-order chi connectivity index (χ0) is 17.8. The summed E-state index contributed by atoms with van der Waals surface area (Å²) in [5, 5.41) is 6.53. The lowest BCUT2D eigenvalue weighted by Crippen LogP contribution is -2.41. The second-order valence-corrected chi connectivity index (χ2v) is 8.41. The van der Waals surface area contributed by atoms with Gasteiger partial charge in [0, 0.05) is 39.3 Å². The molecule has 0 aromatic carbocycles. The Morgan fingerprint density at radius 2 is 1.84 bits per heavy atom. The highest BCUT2D eigenvalue weighted by atomic mass is 127. The van der Waals surface area contributed by atoms with Crippen LogP contribution in [0, 0.1) is 0 Å². The van der Waals surface area contributed by atoms with Gasteiger partial charge in [-0.1, -0.05) is 6.42 Å². The van der Waals surface area contributed by atoms with E-state index in [1.54, 1.807) is 14.0 Å². The van der Waals surface area contributed by atoms with Crippen molar-refractivity contribution >= 4 is 40.0 Å². The van der Waals surface area contributed by atoms with Crippen LogP contribution in [0.25, 0.3) is 0 Å². The normalized spacial score (nSPS) is 19.3. The molecule has 150 valence electrons. The van der Waals surface area contributed by atoms with E-state index in [9.17, 15) is 8.42 Å². The first-order valence-electron chi connectivity index (χ1n) is 9.14. The number of piperidine rings is 1. The molecule has 0 spiro atoms. The Labute approximate surface area is 170 Å². The minimum Gasteiger partial charge on any atom is -0.356 e. The fraction of sp³-hybridized carbons (Fsp3) is 0.938. The zero-order valence-corrected chi connectivity index (χ0v) is 19.0. The molecule has 25 heavy (non-hydrogen) atoms. The van der Waals surface area contributed by atoms with Crippen molar-refractivity contribution in [1.82, 2.24) is 20.3 Å². The minimum absolute atomic E-state index is 0. The smallest absolute Gasteiger partial charge is 0.211 e. The van der Waals surface area contributed by atoms with Crippen molar-refractivity contribution in [3.05, 3.63) is 0 Å². The summed E-state index contributed by atoms with van der Waals surface area (Å²) in [5.41, 5.74) is 0. The molecule has 0 radical (unpaired) electrons. The lowest BCUT2D eigenvalue weighted by Gasteiger charge is -2.33. The topological polar surface area (TPSA) is 85.8 Å². The van der Waals surface area contributed by atoms with Crippen molar-refractivity contribution in [1.29, 1.82) is 0 Å². The number of hydrogen-bond donors (Lipinski definition) is 3. The average Bonchev–Trinajstić information content (AvgIpc) is 2.57. The summed E-state index contributed by atoms with van der Waals surface area (Å²) in [6, 6.07) is 0.711. The summed E-state index contributed by atoms with van der Waals surface area (Å²) >= 11 is 0. The lowest BCUT2D eigenvalue weighted by molar-refractivity contribution is 0.159. The molecule has 0 aliphatic carbocycles. The Kier molecular flexibility index (Phi) is 13.9. The lowest BCUT2D eigenvalue weighted by atomic mass is 10.0. The quantitative estimate of drug-likeness (QED) is 0.187. The maximum absolute atomic E-state index is 11.3. The zero-order valence-electron chi connectivity index (χ0n) is 15.9. The third-order valence-corrected chi connectivity index (χ3v) is 5.83. The van der Waals surface area contributed by atoms with Gasteiger partial charge in [0.15, 0.2) is 5.96 Å². The second-order valence-electron chi connectivity index (χ2n) is 6.31. The van der Waals surface area contributed by atoms with Crippen LogP contribution in [0.1, 0.15) is 46.0 Å². The first kappa shape index (κ1) is 24.9. The van der Waals surface area contributed by atoms with Gasteiger partial charge in [-0.05, 0) is 46.1 Å². The molecular weight excluding hydrogens is 453 g/mol. The fourth-order valence-electron chi connectivity index (χ4n) is 2.82. The van der Waals surface area contributed by atoms with Crippen LogP contribution in [0.2, 0.25) is 0 Å². The molecule has 0 bridgehead atoms. The van der Waals surface area contributed by atoms with Crippen molar-refractivity contribution in [3.8, 4) is 0 Å². The highest BCUT2D eigenvalue weighted by molar-refractivity contribution is 14.0. The number of sulfonamides is 1. The molecule has 0 aromatic heterocycles. The van der Waals surface area contributed by atoms with Gasteiger partial charge in [-0.25, -0.2) is 13.1 Å². The van der Waals surface area contributed by atoms with Crippen LogP contribution in [-0.2, 0) is 10.0 Å². The first-order chi connectivity index (χ1) is 11.5. The Balaban J connectivity index is 0.00000576. The van der Waals surface area contributed by atoms with E-state index in [1.165, 1.54) is 25.8 Å². The average molecular weight is 489 g/mol. The van der Waals surface area contributed by atoms with Crippen molar-refractivity contribution < 1.29 is 8.42 Å². The van der Waals surface area contributed by atoms with E-state index >= 15 is 0 Å². The highest BCUT2D eigenvalue weighted by Crippen LogP contribution is 2.15. The van der Waals surface area contributed by atoms with Crippen LogP contribution in [0.4, 0.5) is 0 Å². The van der Waals surface area contributed by atoms with Gasteiger partial charge in [0.2, 0.25) is 10.0 Å². The van der Waals surface area contributed by atoms with E-state index in [1.807, 2.05) is 0 Å². The van der Waals surface area contributed by atoms with E-state index in [0.29, 0.717) is 19.1 Å². The summed E-state index contributed by atoms with van der Waals surface area (Å²) < 4.78 is 25.2. The number of halogens is 1. The molecule has 0 aromatic rings. The Hall–Kier alpha value is -0.130. The van der Waals surface area contributed by atoms with Gasteiger partial charge in [-0.3, -0.25) is 4.99 Å². The van der Waals surface area contributed by atoms with Crippen LogP contribution in [0.15, 0.2) is 4.99 Å². The summed E-state index contributed by atoms with van der Waals surface area (Å²) in [6.07, 6.45) is 5.83. The minimum atomic E-state index is -3.09. The molecule has 1 saturated heterocycles. The van der Waals surface area contributed by atoms with E-state index in [0.717, 1.165) is 31.9 Å². The van der Waals surface area contributed by atoms with Gasteiger partial charge in [0.1, 0.15) is 0 Å². The van der Waals surface area contributed by atoms with E-state index in [2.05, 4.69) is 32.2 Å². The maximum Gasteiger partial charge on any atom is 0.211 e. The summed E-state index contributed by atoms with van der Waals surface area (Å²) in [4.78, 5) is 6.76. The molecule has 7 nitrogen and oxygen atoms in total. The van der Waals surface area contributed by atoms with Gasteiger partial charge in [-0.2, -0.15) is 0 Å². The second kappa shape index (κ2) is 14.0. The maximum atomic E-state index is 11.3. The summed E-state index contributed by atoms with van der Waals surface area (Å²) in [6.45, 7) is 8.34. The van der Waals surface area contributed by atoms with Crippen LogP contribution >= 0.6 is 24.0 Å². The van der Waals surface area contributed by atoms with Crippen LogP contribution in [0.3, 0.4) is 0 Å². The predicted octanol–water partition coefficient (Wildman–Crippen LogP) is 1.36. The largest absolute Gasteiger partial charge is 0.356 e. The molecule has 1 unspecified atom stereocenters. The molecule has 0 saturated carbocycles. The molecule has 1 fully saturated rings.